The molecule has 94 valence electrons. The minimum absolute atomic E-state index is 0.210. The second-order valence-electron chi connectivity index (χ2n) is 3.51. The molecule has 0 heterocycles. The molecule has 4 nitrogen and oxygen atoms in total. The third-order valence-corrected chi connectivity index (χ3v) is 2.10. The molecule has 0 fully saturated rings. The van der Waals surface area contributed by atoms with Crippen LogP contribution < -0.4 is 10.5 Å². The SMILES string of the molecule is CCOC(=O)C(C)Oc1cc(F)cc(CN)c1. The third-order valence-electron chi connectivity index (χ3n) is 2.10. The van der Waals surface area contributed by atoms with Crippen LogP contribution in [0.15, 0.2) is 18.2 Å². The Labute approximate surface area is 99.5 Å². The average molecular weight is 241 g/mol. The molecule has 0 bridgehead atoms. The van der Waals surface area contributed by atoms with Gasteiger partial charge in [-0.1, -0.05) is 0 Å². The first-order chi connectivity index (χ1) is 8.06. The van der Waals surface area contributed by atoms with Crippen molar-refractivity contribution in [2.75, 3.05) is 6.61 Å². The molecule has 1 unspecified atom stereocenters. The van der Waals surface area contributed by atoms with Gasteiger partial charge in [0.1, 0.15) is 11.6 Å². The van der Waals surface area contributed by atoms with Gasteiger partial charge >= 0.3 is 5.97 Å². The van der Waals surface area contributed by atoms with Crippen molar-refractivity contribution in [1.29, 1.82) is 0 Å². The Balaban J connectivity index is 2.73. The van der Waals surface area contributed by atoms with Gasteiger partial charge in [-0.05, 0) is 31.5 Å². The van der Waals surface area contributed by atoms with Gasteiger partial charge in [0.25, 0.3) is 0 Å². The molecule has 5 heteroatoms. The number of carbonyl (C=O) groups is 1. The molecular weight excluding hydrogens is 225 g/mol. The van der Waals surface area contributed by atoms with Crippen molar-refractivity contribution in [1.82, 2.24) is 0 Å². The first-order valence-corrected chi connectivity index (χ1v) is 5.39. The Hall–Kier alpha value is -1.62. The lowest BCUT2D eigenvalue weighted by molar-refractivity contribution is -0.150. The maximum Gasteiger partial charge on any atom is 0.347 e. The third kappa shape index (κ3) is 4.03. The van der Waals surface area contributed by atoms with Crippen molar-refractivity contribution in [2.24, 2.45) is 5.73 Å². The number of ether oxygens (including phenoxy) is 2. The Morgan fingerprint density at radius 3 is 2.76 bits per heavy atom. The highest BCUT2D eigenvalue weighted by Crippen LogP contribution is 2.17. The number of rotatable bonds is 5. The molecule has 1 aromatic carbocycles. The van der Waals surface area contributed by atoms with Crippen LogP contribution in [0.2, 0.25) is 0 Å². The highest BCUT2D eigenvalue weighted by molar-refractivity contribution is 5.74. The largest absolute Gasteiger partial charge is 0.479 e. The summed E-state index contributed by atoms with van der Waals surface area (Å²) in [5, 5.41) is 0. The molecule has 0 saturated heterocycles. The zero-order valence-electron chi connectivity index (χ0n) is 9.90. The first kappa shape index (κ1) is 13.4. The van der Waals surface area contributed by atoms with E-state index in [1.165, 1.54) is 12.1 Å². The fourth-order valence-electron chi connectivity index (χ4n) is 1.32. The Morgan fingerprint density at radius 1 is 1.47 bits per heavy atom. The number of esters is 1. The molecule has 17 heavy (non-hydrogen) atoms. The van der Waals surface area contributed by atoms with Crippen LogP contribution in [0.25, 0.3) is 0 Å². The fraction of sp³-hybridized carbons (Fsp3) is 0.417. The van der Waals surface area contributed by atoms with Gasteiger partial charge in [-0.25, -0.2) is 9.18 Å². The van der Waals surface area contributed by atoms with Gasteiger partial charge in [-0.3, -0.25) is 0 Å². The molecule has 0 aliphatic heterocycles. The summed E-state index contributed by atoms with van der Waals surface area (Å²) in [6.45, 7) is 3.75. The van der Waals surface area contributed by atoms with Crippen LogP contribution in [0.4, 0.5) is 4.39 Å². The quantitative estimate of drug-likeness (QED) is 0.796. The zero-order chi connectivity index (χ0) is 12.8. The number of carbonyl (C=O) groups excluding carboxylic acids is 1. The van der Waals surface area contributed by atoms with E-state index < -0.39 is 17.9 Å². The molecule has 0 aromatic heterocycles. The topological polar surface area (TPSA) is 61.5 Å². The van der Waals surface area contributed by atoms with Gasteiger partial charge in [-0.2, -0.15) is 0 Å². The summed E-state index contributed by atoms with van der Waals surface area (Å²) < 4.78 is 23.2. The predicted octanol–water partition coefficient (Wildman–Crippen LogP) is 1.61. The van der Waals surface area contributed by atoms with Crippen molar-refractivity contribution in [3.05, 3.63) is 29.6 Å². The molecule has 0 spiro atoms. The van der Waals surface area contributed by atoms with Crippen LogP contribution >= 0.6 is 0 Å². The van der Waals surface area contributed by atoms with Crippen LogP contribution in [-0.4, -0.2) is 18.7 Å². The fourth-order valence-corrected chi connectivity index (χ4v) is 1.32. The monoisotopic (exact) mass is 241 g/mol. The summed E-state index contributed by atoms with van der Waals surface area (Å²) in [6, 6.07) is 4.12. The normalized spacial score (nSPS) is 12.0. The summed E-state index contributed by atoms with van der Waals surface area (Å²) in [7, 11) is 0. The number of hydrogen-bond donors (Lipinski definition) is 1. The van der Waals surface area contributed by atoms with Crippen LogP contribution in [-0.2, 0) is 16.1 Å². The highest BCUT2D eigenvalue weighted by Gasteiger charge is 2.16. The van der Waals surface area contributed by atoms with Crippen LogP contribution in [0.1, 0.15) is 19.4 Å². The molecule has 0 amide bonds. The summed E-state index contributed by atoms with van der Waals surface area (Å²) in [4.78, 5) is 11.3. The number of nitrogens with two attached hydrogens (primary N) is 1. The van der Waals surface area contributed by atoms with Gasteiger partial charge in [-0.15, -0.1) is 0 Å². The van der Waals surface area contributed by atoms with E-state index in [2.05, 4.69) is 0 Å². The van der Waals surface area contributed by atoms with Gasteiger partial charge in [0, 0.05) is 12.6 Å². The van der Waals surface area contributed by atoms with E-state index in [0.717, 1.165) is 0 Å². The van der Waals surface area contributed by atoms with E-state index in [1.54, 1.807) is 19.9 Å². The van der Waals surface area contributed by atoms with E-state index in [0.29, 0.717) is 5.56 Å². The Morgan fingerprint density at radius 2 is 2.18 bits per heavy atom. The smallest absolute Gasteiger partial charge is 0.347 e. The van der Waals surface area contributed by atoms with E-state index in [-0.39, 0.29) is 18.9 Å². The van der Waals surface area contributed by atoms with Crippen LogP contribution in [0.5, 0.6) is 5.75 Å². The lowest BCUT2D eigenvalue weighted by Crippen LogP contribution is -2.26. The summed E-state index contributed by atoms with van der Waals surface area (Å²) in [5.41, 5.74) is 6.02. The predicted molar refractivity (Wildman–Crippen MR) is 61.0 cm³/mol. The van der Waals surface area contributed by atoms with Crippen molar-refractivity contribution in [3.8, 4) is 5.75 Å². The van der Waals surface area contributed by atoms with E-state index in [1.807, 2.05) is 0 Å². The van der Waals surface area contributed by atoms with Gasteiger partial charge in [0.05, 0.1) is 6.61 Å². The molecule has 0 aliphatic carbocycles. The first-order valence-electron chi connectivity index (χ1n) is 5.39. The Bertz CT molecular complexity index is 395. The van der Waals surface area contributed by atoms with Gasteiger partial charge in [0.15, 0.2) is 6.10 Å². The second kappa shape index (κ2) is 6.20. The number of benzene rings is 1. The number of hydrogen-bond acceptors (Lipinski definition) is 4. The minimum Gasteiger partial charge on any atom is -0.479 e. The molecule has 0 aliphatic rings. The molecule has 0 saturated carbocycles. The van der Waals surface area contributed by atoms with Crippen molar-refractivity contribution in [2.45, 2.75) is 26.5 Å². The van der Waals surface area contributed by atoms with E-state index >= 15 is 0 Å². The van der Waals surface area contributed by atoms with E-state index in [4.69, 9.17) is 15.2 Å². The Kier molecular flexibility index (Phi) is 4.90. The molecule has 1 atom stereocenters. The summed E-state index contributed by atoms with van der Waals surface area (Å²) >= 11 is 0. The molecule has 0 radical (unpaired) electrons. The highest BCUT2D eigenvalue weighted by atomic mass is 19.1. The second-order valence-corrected chi connectivity index (χ2v) is 3.51. The number of halogens is 1. The van der Waals surface area contributed by atoms with Crippen LogP contribution in [0, 0.1) is 5.82 Å². The zero-order valence-corrected chi connectivity index (χ0v) is 9.90. The molecular formula is C12H16FNO3. The summed E-state index contributed by atoms with van der Waals surface area (Å²) in [6.07, 6.45) is -0.776. The van der Waals surface area contributed by atoms with Crippen molar-refractivity contribution >= 4 is 5.97 Å². The molecule has 2 N–H and O–H groups in total. The maximum absolute atomic E-state index is 13.2. The van der Waals surface area contributed by atoms with E-state index in [9.17, 15) is 9.18 Å². The molecule has 1 aromatic rings. The molecule has 1 rings (SSSR count). The summed E-state index contributed by atoms with van der Waals surface area (Å²) in [5.74, 6) is -0.656. The van der Waals surface area contributed by atoms with Crippen molar-refractivity contribution < 1.29 is 18.7 Å². The lowest BCUT2D eigenvalue weighted by atomic mass is 10.2. The van der Waals surface area contributed by atoms with Crippen LogP contribution in [0.3, 0.4) is 0 Å². The standard InChI is InChI=1S/C12H16FNO3/c1-3-16-12(15)8(2)17-11-5-9(7-14)4-10(13)6-11/h4-6,8H,3,7,14H2,1-2H3. The van der Waals surface area contributed by atoms with Gasteiger partial charge in [0.2, 0.25) is 0 Å². The van der Waals surface area contributed by atoms with Gasteiger partial charge < -0.3 is 15.2 Å². The average Bonchev–Trinajstić information content (AvgIpc) is 2.28. The van der Waals surface area contributed by atoms with Crippen molar-refractivity contribution in [3.63, 3.8) is 0 Å². The maximum atomic E-state index is 13.2. The lowest BCUT2D eigenvalue weighted by Gasteiger charge is -2.14. The minimum atomic E-state index is -0.776.